The lowest BCUT2D eigenvalue weighted by atomic mass is 10.2. The van der Waals surface area contributed by atoms with Gasteiger partial charge in [-0.25, -0.2) is 13.2 Å². The lowest BCUT2D eigenvalue weighted by Gasteiger charge is -2.18. The number of benzene rings is 1. The summed E-state index contributed by atoms with van der Waals surface area (Å²) in [6.07, 6.45) is 2.96. The van der Waals surface area contributed by atoms with Crippen molar-refractivity contribution in [3.8, 4) is 5.75 Å². The van der Waals surface area contributed by atoms with Crippen molar-refractivity contribution in [3.63, 3.8) is 0 Å². The van der Waals surface area contributed by atoms with Crippen LogP contribution in [0, 0.1) is 0 Å². The minimum Gasteiger partial charge on any atom is -0.495 e. The number of hydrogen-bond donors (Lipinski definition) is 1. The lowest BCUT2D eigenvalue weighted by Crippen LogP contribution is -2.40. The Morgan fingerprint density at radius 2 is 1.86 bits per heavy atom. The summed E-state index contributed by atoms with van der Waals surface area (Å²) in [5, 5.41) is 2.86. The zero-order valence-corrected chi connectivity index (χ0v) is 17.2. The van der Waals surface area contributed by atoms with Crippen LogP contribution in [0.5, 0.6) is 5.75 Å². The topological polar surface area (TPSA) is 111 Å². The Hall–Kier alpha value is -2.17. The van der Waals surface area contributed by atoms with E-state index in [1.54, 1.807) is 0 Å². The SMILES string of the molecule is COc1ccc(C(=O)O[C@@H](C)C(=O)NC2CCCC2)cc1S(=O)(=O)N(C)OC. The first-order valence-corrected chi connectivity index (χ1v) is 10.4. The van der Waals surface area contributed by atoms with Crippen molar-refractivity contribution in [1.29, 1.82) is 0 Å². The van der Waals surface area contributed by atoms with Crippen LogP contribution < -0.4 is 10.1 Å². The molecule has 0 bridgehead atoms. The summed E-state index contributed by atoms with van der Waals surface area (Å²) in [6.45, 7) is 1.47. The molecule has 0 unspecified atom stereocenters. The van der Waals surface area contributed by atoms with Gasteiger partial charge in [0.25, 0.3) is 15.9 Å². The molecule has 1 aromatic carbocycles. The van der Waals surface area contributed by atoms with Crippen LogP contribution in [0.25, 0.3) is 0 Å². The molecular weight excluding hydrogens is 388 g/mol. The van der Waals surface area contributed by atoms with E-state index in [0.717, 1.165) is 31.7 Å². The molecule has 1 amide bonds. The first-order valence-electron chi connectivity index (χ1n) is 8.93. The standard InChI is InChI=1S/C18H26N2O7S/c1-12(17(21)19-14-7-5-6-8-14)27-18(22)13-9-10-15(25-3)16(11-13)28(23,24)20(2)26-4/h9-12,14H,5-8H2,1-4H3,(H,19,21)/t12-/m0/s1. The summed E-state index contributed by atoms with van der Waals surface area (Å²) >= 11 is 0. The van der Waals surface area contributed by atoms with Crippen LogP contribution in [0.2, 0.25) is 0 Å². The van der Waals surface area contributed by atoms with Crippen LogP contribution in [0.3, 0.4) is 0 Å². The second kappa shape index (κ2) is 9.35. The maximum Gasteiger partial charge on any atom is 0.338 e. The maximum absolute atomic E-state index is 12.5. The van der Waals surface area contributed by atoms with Crippen molar-refractivity contribution in [2.75, 3.05) is 21.3 Å². The third-order valence-electron chi connectivity index (χ3n) is 4.63. The van der Waals surface area contributed by atoms with Crippen molar-refractivity contribution in [2.45, 2.75) is 49.6 Å². The normalized spacial score (nSPS) is 16.0. The molecule has 0 saturated heterocycles. The van der Waals surface area contributed by atoms with Gasteiger partial charge in [0.2, 0.25) is 0 Å². The molecule has 0 aliphatic heterocycles. The van der Waals surface area contributed by atoms with E-state index < -0.39 is 22.1 Å². The number of rotatable bonds is 8. The van der Waals surface area contributed by atoms with Gasteiger partial charge < -0.3 is 14.8 Å². The first kappa shape index (κ1) is 22.1. The molecule has 1 fully saturated rings. The van der Waals surface area contributed by atoms with Crippen LogP contribution in [-0.2, 0) is 24.4 Å². The Morgan fingerprint density at radius 1 is 1.21 bits per heavy atom. The van der Waals surface area contributed by atoms with Gasteiger partial charge in [0.05, 0.1) is 19.8 Å². The summed E-state index contributed by atoms with van der Waals surface area (Å²) in [7, 11) is -0.317. The van der Waals surface area contributed by atoms with Crippen molar-refractivity contribution in [2.24, 2.45) is 0 Å². The number of methoxy groups -OCH3 is 1. The van der Waals surface area contributed by atoms with Crippen LogP contribution in [0.15, 0.2) is 23.1 Å². The number of carbonyl (C=O) groups is 2. The van der Waals surface area contributed by atoms with Crippen molar-refractivity contribution >= 4 is 21.9 Å². The minimum absolute atomic E-state index is 0.0237. The van der Waals surface area contributed by atoms with Gasteiger partial charge in [0.15, 0.2) is 6.10 Å². The van der Waals surface area contributed by atoms with Gasteiger partial charge in [0.1, 0.15) is 10.6 Å². The second-order valence-electron chi connectivity index (χ2n) is 6.50. The number of nitrogens with one attached hydrogen (secondary N) is 1. The third kappa shape index (κ3) is 5.00. The fourth-order valence-electron chi connectivity index (χ4n) is 2.91. The number of nitrogens with zero attached hydrogens (tertiary/aromatic N) is 1. The van der Waals surface area contributed by atoms with E-state index in [9.17, 15) is 18.0 Å². The van der Waals surface area contributed by atoms with Crippen LogP contribution >= 0.6 is 0 Å². The highest BCUT2D eigenvalue weighted by Crippen LogP contribution is 2.28. The number of hydrogen-bond acceptors (Lipinski definition) is 7. The predicted octanol–water partition coefficient (Wildman–Crippen LogP) is 1.48. The Bertz CT molecular complexity index is 819. The smallest absolute Gasteiger partial charge is 0.338 e. The number of hydroxylamine groups is 1. The zero-order valence-electron chi connectivity index (χ0n) is 16.4. The summed E-state index contributed by atoms with van der Waals surface area (Å²) in [6, 6.07) is 3.95. The molecule has 1 N–H and O–H groups in total. The molecule has 0 spiro atoms. The molecule has 0 radical (unpaired) electrons. The van der Waals surface area contributed by atoms with Gasteiger partial charge in [-0.15, -0.1) is 0 Å². The van der Waals surface area contributed by atoms with E-state index in [1.165, 1.54) is 40.3 Å². The number of sulfonamides is 1. The third-order valence-corrected chi connectivity index (χ3v) is 6.33. The van der Waals surface area contributed by atoms with Crippen molar-refractivity contribution in [1.82, 2.24) is 9.79 Å². The van der Waals surface area contributed by atoms with Crippen LogP contribution in [0.1, 0.15) is 43.0 Å². The van der Waals surface area contributed by atoms with Crippen molar-refractivity contribution < 1.29 is 32.3 Å². The number of amides is 1. The number of esters is 1. The average molecular weight is 414 g/mol. The van der Waals surface area contributed by atoms with Gasteiger partial charge in [-0.1, -0.05) is 17.3 Å². The molecule has 28 heavy (non-hydrogen) atoms. The van der Waals surface area contributed by atoms with E-state index in [1.807, 2.05) is 0 Å². The highest BCUT2D eigenvalue weighted by Gasteiger charge is 2.28. The molecule has 0 aromatic heterocycles. The summed E-state index contributed by atoms with van der Waals surface area (Å²) < 4.78 is 36.0. The van der Waals surface area contributed by atoms with Crippen LogP contribution in [0.4, 0.5) is 0 Å². The number of ether oxygens (including phenoxy) is 2. The second-order valence-corrected chi connectivity index (χ2v) is 8.40. The molecule has 1 saturated carbocycles. The molecule has 2 rings (SSSR count). The molecule has 1 aromatic rings. The molecule has 10 heteroatoms. The molecule has 156 valence electrons. The first-order chi connectivity index (χ1) is 13.2. The fraction of sp³-hybridized carbons (Fsp3) is 0.556. The van der Waals surface area contributed by atoms with E-state index in [-0.39, 0.29) is 28.2 Å². The molecule has 1 atom stereocenters. The minimum atomic E-state index is -4.05. The maximum atomic E-state index is 12.5. The molecular formula is C18H26N2O7S. The van der Waals surface area contributed by atoms with E-state index in [2.05, 4.69) is 5.32 Å². The van der Waals surface area contributed by atoms with Gasteiger partial charge in [-0.05, 0) is 38.0 Å². The monoisotopic (exact) mass is 414 g/mol. The summed E-state index contributed by atoms with van der Waals surface area (Å²) in [5.41, 5.74) is -0.0237. The van der Waals surface area contributed by atoms with E-state index in [4.69, 9.17) is 14.3 Å². The quantitative estimate of drug-likeness (QED) is 0.507. The van der Waals surface area contributed by atoms with E-state index in [0.29, 0.717) is 4.47 Å². The number of carbonyl (C=O) groups excluding carboxylic acids is 2. The molecule has 9 nitrogen and oxygen atoms in total. The Balaban J connectivity index is 2.16. The van der Waals surface area contributed by atoms with Crippen LogP contribution in [-0.4, -0.2) is 58.2 Å². The Morgan fingerprint density at radius 3 is 2.43 bits per heavy atom. The van der Waals surface area contributed by atoms with Crippen molar-refractivity contribution in [3.05, 3.63) is 23.8 Å². The molecule has 0 heterocycles. The highest BCUT2D eigenvalue weighted by molar-refractivity contribution is 7.89. The summed E-state index contributed by atoms with van der Waals surface area (Å²) in [4.78, 5) is 29.1. The molecule has 1 aliphatic carbocycles. The Kier molecular flexibility index (Phi) is 7.39. The van der Waals surface area contributed by atoms with Gasteiger partial charge >= 0.3 is 5.97 Å². The zero-order chi connectivity index (χ0) is 20.9. The predicted molar refractivity (Wildman–Crippen MR) is 100 cm³/mol. The lowest BCUT2D eigenvalue weighted by molar-refractivity contribution is -0.129. The van der Waals surface area contributed by atoms with E-state index >= 15 is 0 Å². The highest BCUT2D eigenvalue weighted by atomic mass is 32.2. The van der Waals surface area contributed by atoms with Gasteiger partial charge in [0, 0.05) is 13.1 Å². The fourth-order valence-corrected chi connectivity index (χ4v) is 4.07. The largest absolute Gasteiger partial charge is 0.495 e. The summed E-state index contributed by atoms with van der Waals surface area (Å²) in [5.74, 6) is -1.14. The average Bonchev–Trinajstić information content (AvgIpc) is 3.19. The Labute approximate surface area is 164 Å². The van der Waals surface area contributed by atoms with Gasteiger partial charge in [-0.2, -0.15) is 0 Å². The van der Waals surface area contributed by atoms with Gasteiger partial charge in [-0.3, -0.25) is 9.63 Å². The molecule has 1 aliphatic rings.